The second kappa shape index (κ2) is 5.38. The van der Waals surface area contributed by atoms with Crippen LogP contribution in [0.4, 0.5) is 0 Å². The number of thiophene rings is 1. The van der Waals surface area contributed by atoms with Crippen molar-refractivity contribution in [2.24, 2.45) is 0 Å². The maximum absolute atomic E-state index is 11.3. The lowest BCUT2D eigenvalue weighted by molar-refractivity contribution is 0.0694. The molecule has 3 rings (SSSR count). The van der Waals surface area contributed by atoms with E-state index in [1.165, 1.54) is 4.88 Å². The lowest BCUT2D eigenvalue weighted by Gasteiger charge is -2.33. The van der Waals surface area contributed by atoms with Crippen molar-refractivity contribution in [3.63, 3.8) is 0 Å². The van der Waals surface area contributed by atoms with Crippen molar-refractivity contribution in [2.75, 3.05) is 6.54 Å². The Kier molecular flexibility index (Phi) is 3.59. The van der Waals surface area contributed by atoms with E-state index in [-0.39, 0.29) is 0 Å². The van der Waals surface area contributed by atoms with Crippen molar-refractivity contribution in [3.8, 4) is 0 Å². The van der Waals surface area contributed by atoms with Gasteiger partial charge in [0.25, 0.3) is 0 Å². The summed E-state index contributed by atoms with van der Waals surface area (Å²) >= 11 is 1.78. The Morgan fingerprint density at radius 1 is 1.35 bits per heavy atom. The number of hydrogen-bond donors (Lipinski definition) is 1. The standard InChI is InChI=1S/C16H17NO2S/c1-11(15-6-3-9-20-15)17-8-7-13-12(10-17)4-2-5-14(13)16(18)19/h2-6,9,11H,7-8,10H2,1H3,(H,18,19). The molecule has 0 spiro atoms. The summed E-state index contributed by atoms with van der Waals surface area (Å²) in [4.78, 5) is 15.0. The summed E-state index contributed by atoms with van der Waals surface area (Å²) in [6, 6.07) is 10.2. The van der Waals surface area contributed by atoms with Gasteiger partial charge in [0, 0.05) is 24.0 Å². The van der Waals surface area contributed by atoms with Gasteiger partial charge in [-0.15, -0.1) is 11.3 Å². The summed E-state index contributed by atoms with van der Waals surface area (Å²) in [6.07, 6.45) is 0.813. The molecule has 4 heteroatoms. The van der Waals surface area contributed by atoms with Gasteiger partial charge >= 0.3 is 5.97 Å². The highest BCUT2D eigenvalue weighted by Gasteiger charge is 2.24. The van der Waals surface area contributed by atoms with E-state index >= 15 is 0 Å². The number of carboxylic acids is 1. The molecule has 20 heavy (non-hydrogen) atoms. The molecule has 1 aliphatic heterocycles. The predicted molar refractivity (Wildman–Crippen MR) is 80.2 cm³/mol. The van der Waals surface area contributed by atoms with Crippen molar-refractivity contribution in [3.05, 3.63) is 57.3 Å². The van der Waals surface area contributed by atoms with Gasteiger partial charge in [-0.05, 0) is 42.0 Å². The van der Waals surface area contributed by atoms with Crippen molar-refractivity contribution in [1.29, 1.82) is 0 Å². The highest BCUT2D eigenvalue weighted by atomic mass is 32.1. The zero-order chi connectivity index (χ0) is 14.1. The van der Waals surface area contributed by atoms with Crippen LogP contribution in [-0.4, -0.2) is 22.5 Å². The first kappa shape index (κ1) is 13.3. The van der Waals surface area contributed by atoms with Gasteiger partial charge < -0.3 is 5.11 Å². The molecule has 104 valence electrons. The van der Waals surface area contributed by atoms with Crippen LogP contribution in [0.3, 0.4) is 0 Å². The molecule has 0 saturated carbocycles. The van der Waals surface area contributed by atoms with Crippen molar-refractivity contribution in [1.82, 2.24) is 4.90 Å². The molecular weight excluding hydrogens is 270 g/mol. The van der Waals surface area contributed by atoms with Crippen LogP contribution in [0, 0.1) is 0 Å². The first-order valence-electron chi connectivity index (χ1n) is 6.78. The van der Waals surface area contributed by atoms with Crippen LogP contribution in [0.5, 0.6) is 0 Å². The minimum atomic E-state index is -0.818. The van der Waals surface area contributed by atoms with Gasteiger partial charge in [-0.3, -0.25) is 4.90 Å². The largest absolute Gasteiger partial charge is 0.478 e. The van der Waals surface area contributed by atoms with Gasteiger partial charge in [0.05, 0.1) is 5.56 Å². The first-order chi connectivity index (χ1) is 9.66. The Hall–Kier alpha value is -1.65. The number of hydrogen-bond acceptors (Lipinski definition) is 3. The van der Waals surface area contributed by atoms with E-state index in [2.05, 4.69) is 35.4 Å². The zero-order valence-electron chi connectivity index (χ0n) is 11.4. The number of rotatable bonds is 3. The molecule has 1 aromatic carbocycles. The van der Waals surface area contributed by atoms with E-state index in [4.69, 9.17) is 0 Å². The molecule has 1 unspecified atom stereocenters. The summed E-state index contributed by atoms with van der Waals surface area (Å²) in [7, 11) is 0. The molecule has 3 nitrogen and oxygen atoms in total. The molecule has 0 amide bonds. The highest BCUT2D eigenvalue weighted by molar-refractivity contribution is 7.10. The maximum Gasteiger partial charge on any atom is 0.335 e. The molecule has 2 aromatic rings. The van der Waals surface area contributed by atoms with Gasteiger partial charge in [0.15, 0.2) is 0 Å². The third kappa shape index (κ3) is 2.37. The van der Waals surface area contributed by atoms with Crippen molar-refractivity contribution >= 4 is 17.3 Å². The van der Waals surface area contributed by atoms with Crippen LogP contribution in [-0.2, 0) is 13.0 Å². The second-order valence-corrected chi connectivity index (χ2v) is 6.14. The summed E-state index contributed by atoms with van der Waals surface area (Å²) < 4.78 is 0. The molecule has 1 aromatic heterocycles. The summed E-state index contributed by atoms with van der Waals surface area (Å²) in [5, 5.41) is 11.4. The van der Waals surface area contributed by atoms with E-state index < -0.39 is 5.97 Å². The highest BCUT2D eigenvalue weighted by Crippen LogP contribution is 2.30. The number of aromatic carboxylic acids is 1. The van der Waals surface area contributed by atoms with Gasteiger partial charge in [0.2, 0.25) is 0 Å². The number of fused-ring (bicyclic) bond motifs is 1. The summed E-state index contributed by atoms with van der Waals surface area (Å²) in [5.74, 6) is -0.818. The summed E-state index contributed by atoms with van der Waals surface area (Å²) in [5.41, 5.74) is 2.63. The monoisotopic (exact) mass is 287 g/mol. The Morgan fingerprint density at radius 2 is 2.20 bits per heavy atom. The predicted octanol–water partition coefficient (Wildman–Crippen LogP) is 3.57. The molecule has 0 aliphatic carbocycles. The van der Waals surface area contributed by atoms with Gasteiger partial charge in [-0.2, -0.15) is 0 Å². The minimum absolute atomic E-state index is 0.386. The van der Waals surface area contributed by atoms with Crippen LogP contribution < -0.4 is 0 Å². The number of carbonyl (C=O) groups is 1. The van der Waals surface area contributed by atoms with Gasteiger partial charge in [-0.1, -0.05) is 18.2 Å². The molecule has 1 aliphatic rings. The average Bonchev–Trinajstić information content (AvgIpc) is 2.99. The number of nitrogens with zero attached hydrogens (tertiary/aromatic N) is 1. The van der Waals surface area contributed by atoms with E-state index in [1.807, 2.05) is 6.07 Å². The molecule has 1 atom stereocenters. The third-order valence-corrected chi connectivity index (χ3v) is 5.07. The molecule has 0 radical (unpaired) electrons. The van der Waals surface area contributed by atoms with Crippen molar-refractivity contribution < 1.29 is 9.90 Å². The van der Waals surface area contributed by atoms with E-state index in [1.54, 1.807) is 17.4 Å². The van der Waals surface area contributed by atoms with E-state index in [0.717, 1.165) is 30.6 Å². The van der Waals surface area contributed by atoms with Crippen LogP contribution >= 0.6 is 11.3 Å². The van der Waals surface area contributed by atoms with Crippen LogP contribution in [0.1, 0.15) is 39.3 Å². The molecule has 0 fully saturated rings. The number of benzene rings is 1. The Bertz CT molecular complexity index is 621. The Balaban J connectivity index is 1.86. The maximum atomic E-state index is 11.3. The van der Waals surface area contributed by atoms with Crippen LogP contribution in [0.15, 0.2) is 35.7 Å². The topological polar surface area (TPSA) is 40.5 Å². The Morgan fingerprint density at radius 3 is 2.90 bits per heavy atom. The minimum Gasteiger partial charge on any atom is -0.478 e. The SMILES string of the molecule is CC(c1cccs1)N1CCc2c(cccc2C(=O)O)C1. The molecule has 0 bridgehead atoms. The van der Waals surface area contributed by atoms with Gasteiger partial charge in [-0.25, -0.2) is 4.79 Å². The summed E-state index contributed by atoms with van der Waals surface area (Å²) in [6.45, 7) is 3.96. The average molecular weight is 287 g/mol. The second-order valence-electron chi connectivity index (χ2n) is 5.16. The number of carboxylic acid groups (broad SMARTS) is 1. The molecule has 0 saturated heterocycles. The Labute approximate surface area is 122 Å². The fourth-order valence-corrected chi connectivity index (χ4v) is 3.69. The smallest absolute Gasteiger partial charge is 0.335 e. The fraction of sp³-hybridized carbons (Fsp3) is 0.312. The van der Waals surface area contributed by atoms with Crippen LogP contribution in [0.2, 0.25) is 0 Å². The molecule has 2 heterocycles. The molecule has 1 N–H and O–H groups in total. The van der Waals surface area contributed by atoms with Gasteiger partial charge in [0.1, 0.15) is 0 Å². The molecular formula is C16H17NO2S. The lowest BCUT2D eigenvalue weighted by Crippen LogP contribution is -2.33. The van der Waals surface area contributed by atoms with E-state index in [9.17, 15) is 9.90 Å². The fourth-order valence-electron chi connectivity index (χ4n) is 2.87. The normalized spacial score (nSPS) is 16.6. The van der Waals surface area contributed by atoms with E-state index in [0.29, 0.717) is 11.6 Å². The first-order valence-corrected chi connectivity index (χ1v) is 7.66. The van der Waals surface area contributed by atoms with Crippen molar-refractivity contribution in [2.45, 2.75) is 25.9 Å². The third-order valence-electron chi connectivity index (χ3n) is 4.03. The van der Waals surface area contributed by atoms with Crippen LogP contribution in [0.25, 0.3) is 0 Å². The zero-order valence-corrected chi connectivity index (χ0v) is 12.2. The lowest BCUT2D eigenvalue weighted by atomic mass is 9.93. The quantitative estimate of drug-likeness (QED) is 0.938.